The molecule has 1 atom stereocenters. The Balaban J connectivity index is 2.97. The third-order valence-electron chi connectivity index (χ3n) is 3.24. The Kier molecular flexibility index (Phi) is 4.94. The Morgan fingerprint density at radius 3 is 2.17 bits per heavy atom. The third-order valence-corrected chi connectivity index (χ3v) is 3.24. The lowest BCUT2D eigenvalue weighted by Crippen LogP contribution is -2.15. The summed E-state index contributed by atoms with van der Waals surface area (Å²) in [5.41, 5.74) is 2.48. The van der Waals surface area contributed by atoms with Crippen molar-refractivity contribution in [2.24, 2.45) is 0 Å². The van der Waals surface area contributed by atoms with E-state index in [9.17, 15) is 4.79 Å². The second kappa shape index (κ2) is 6.03. The summed E-state index contributed by atoms with van der Waals surface area (Å²) in [4.78, 5) is 11.8. The van der Waals surface area contributed by atoms with E-state index in [0.717, 1.165) is 18.4 Å². The summed E-state index contributed by atoms with van der Waals surface area (Å²) in [5.74, 6) is -0.269. The van der Waals surface area contributed by atoms with Gasteiger partial charge in [-0.2, -0.15) is 0 Å². The van der Waals surface area contributed by atoms with Gasteiger partial charge in [-0.05, 0) is 23.0 Å². The normalized spacial score (nSPS) is 13.2. The van der Waals surface area contributed by atoms with Crippen molar-refractivity contribution in [2.45, 2.75) is 51.9 Å². The minimum Gasteiger partial charge on any atom is -0.469 e. The van der Waals surface area contributed by atoms with Crippen LogP contribution in [0.4, 0.5) is 0 Å². The molecule has 18 heavy (non-hydrogen) atoms. The third kappa shape index (κ3) is 3.59. The first kappa shape index (κ1) is 14.7. The molecule has 0 fully saturated rings. The standard InChI is InChI=1S/C16H24O2/c1-6-7-14(15(17)18-5)12-8-10-13(11-9-12)16(2,3)4/h8-11,14H,6-7H2,1-5H3. The van der Waals surface area contributed by atoms with Crippen molar-refractivity contribution in [2.75, 3.05) is 7.11 Å². The van der Waals surface area contributed by atoms with Gasteiger partial charge in [0.1, 0.15) is 0 Å². The lowest BCUT2D eigenvalue weighted by molar-refractivity contribution is -0.142. The van der Waals surface area contributed by atoms with Gasteiger partial charge in [-0.25, -0.2) is 0 Å². The Hall–Kier alpha value is -1.31. The van der Waals surface area contributed by atoms with Crippen LogP contribution in [-0.2, 0) is 14.9 Å². The monoisotopic (exact) mass is 248 g/mol. The topological polar surface area (TPSA) is 26.3 Å². The van der Waals surface area contributed by atoms with Crippen LogP contribution >= 0.6 is 0 Å². The van der Waals surface area contributed by atoms with Gasteiger partial charge in [0.05, 0.1) is 13.0 Å². The molecular weight excluding hydrogens is 224 g/mol. The van der Waals surface area contributed by atoms with E-state index in [-0.39, 0.29) is 17.3 Å². The summed E-state index contributed by atoms with van der Waals surface area (Å²) in [6, 6.07) is 8.33. The Labute approximate surface area is 110 Å². The number of hydrogen-bond donors (Lipinski definition) is 0. The number of carbonyl (C=O) groups excluding carboxylic acids is 1. The van der Waals surface area contributed by atoms with Gasteiger partial charge in [0.2, 0.25) is 0 Å². The molecule has 1 unspecified atom stereocenters. The summed E-state index contributed by atoms with van der Waals surface area (Å²) < 4.78 is 4.88. The van der Waals surface area contributed by atoms with Gasteiger partial charge in [-0.1, -0.05) is 58.4 Å². The van der Waals surface area contributed by atoms with E-state index in [2.05, 4.69) is 52.0 Å². The van der Waals surface area contributed by atoms with Gasteiger partial charge in [0, 0.05) is 0 Å². The highest BCUT2D eigenvalue weighted by atomic mass is 16.5. The van der Waals surface area contributed by atoms with E-state index in [1.807, 2.05) is 0 Å². The first-order valence-electron chi connectivity index (χ1n) is 6.58. The second-order valence-electron chi connectivity index (χ2n) is 5.74. The molecule has 0 amide bonds. The fraction of sp³-hybridized carbons (Fsp3) is 0.562. The SMILES string of the molecule is CCCC(C(=O)OC)c1ccc(C(C)(C)C)cc1. The molecule has 0 aromatic heterocycles. The summed E-state index contributed by atoms with van der Waals surface area (Å²) in [6.45, 7) is 8.64. The van der Waals surface area contributed by atoms with Crippen LogP contribution in [0.1, 0.15) is 57.6 Å². The number of hydrogen-bond acceptors (Lipinski definition) is 2. The van der Waals surface area contributed by atoms with Crippen LogP contribution in [0.25, 0.3) is 0 Å². The van der Waals surface area contributed by atoms with Crippen molar-refractivity contribution in [3.8, 4) is 0 Å². The summed E-state index contributed by atoms with van der Waals surface area (Å²) in [6.07, 6.45) is 1.81. The molecule has 0 aliphatic heterocycles. The Bertz CT molecular complexity index is 385. The molecule has 2 nitrogen and oxygen atoms in total. The summed E-state index contributed by atoms with van der Waals surface area (Å²) >= 11 is 0. The van der Waals surface area contributed by atoms with Crippen LogP contribution in [0.5, 0.6) is 0 Å². The molecule has 2 heteroatoms. The van der Waals surface area contributed by atoms with Crippen LogP contribution in [0.3, 0.4) is 0 Å². The molecule has 0 aliphatic carbocycles. The smallest absolute Gasteiger partial charge is 0.313 e. The molecule has 0 spiro atoms. The molecule has 0 saturated carbocycles. The van der Waals surface area contributed by atoms with Gasteiger partial charge in [-0.3, -0.25) is 4.79 Å². The second-order valence-corrected chi connectivity index (χ2v) is 5.74. The zero-order valence-electron chi connectivity index (χ0n) is 12.1. The van der Waals surface area contributed by atoms with Gasteiger partial charge in [-0.15, -0.1) is 0 Å². The van der Waals surface area contributed by atoms with Crippen molar-refractivity contribution in [1.82, 2.24) is 0 Å². The van der Waals surface area contributed by atoms with Crippen LogP contribution in [-0.4, -0.2) is 13.1 Å². The van der Waals surface area contributed by atoms with Crippen LogP contribution in [0.2, 0.25) is 0 Å². The fourth-order valence-corrected chi connectivity index (χ4v) is 2.07. The first-order valence-corrected chi connectivity index (χ1v) is 6.58. The molecule has 0 bridgehead atoms. The van der Waals surface area contributed by atoms with Crippen LogP contribution in [0, 0.1) is 0 Å². The molecule has 1 aromatic rings. The number of ether oxygens (including phenoxy) is 1. The molecule has 0 saturated heterocycles. The van der Waals surface area contributed by atoms with E-state index in [0.29, 0.717) is 0 Å². The average molecular weight is 248 g/mol. The molecule has 0 radical (unpaired) electrons. The highest BCUT2D eigenvalue weighted by Crippen LogP contribution is 2.27. The van der Waals surface area contributed by atoms with Crippen molar-refractivity contribution in [1.29, 1.82) is 0 Å². The number of methoxy groups -OCH3 is 1. The van der Waals surface area contributed by atoms with Gasteiger partial charge >= 0.3 is 5.97 Å². The van der Waals surface area contributed by atoms with E-state index >= 15 is 0 Å². The van der Waals surface area contributed by atoms with E-state index < -0.39 is 0 Å². The molecule has 100 valence electrons. The minimum atomic E-state index is -0.139. The summed E-state index contributed by atoms with van der Waals surface area (Å²) in [5, 5.41) is 0. The molecular formula is C16H24O2. The van der Waals surface area contributed by atoms with E-state index in [1.54, 1.807) is 0 Å². The maximum atomic E-state index is 11.8. The lowest BCUT2D eigenvalue weighted by Gasteiger charge is -2.20. The molecule has 1 aromatic carbocycles. The van der Waals surface area contributed by atoms with Gasteiger partial charge < -0.3 is 4.74 Å². The lowest BCUT2D eigenvalue weighted by atomic mass is 9.85. The Morgan fingerprint density at radius 1 is 1.22 bits per heavy atom. The van der Waals surface area contributed by atoms with Gasteiger partial charge in [0.25, 0.3) is 0 Å². The van der Waals surface area contributed by atoms with Gasteiger partial charge in [0.15, 0.2) is 0 Å². The predicted octanol–water partition coefficient (Wildman–Crippen LogP) is 4.04. The van der Waals surface area contributed by atoms with E-state index in [4.69, 9.17) is 4.74 Å². The molecule has 0 aliphatic rings. The number of rotatable bonds is 4. The zero-order valence-corrected chi connectivity index (χ0v) is 12.1. The van der Waals surface area contributed by atoms with Crippen molar-refractivity contribution in [3.05, 3.63) is 35.4 Å². The average Bonchev–Trinajstić information content (AvgIpc) is 2.34. The number of carbonyl (C=O) groups is 1. The minimum absolute atomic E-state index is 0.131. The zero-order chi connectivity index (χ0) is 13.8. The van der Waals surface area contributed by atoms with Crippen LogP contribution in [0.15, 0.2) is 24.3 Å². The molecule has 1 rings (SSSR count). The van der Waals surface area contributed by atoms with Crippen molar-refractivity contribution in [3.63, 3.8) is 0 Å². The maximum absolute atomic E-state index is 11.8. The number of benzene rings is 1. The highest BCUT2D eigenvalue weighted by molar-refractivity contribution is 5.78. The Morgan fingerprint density at radius 2 is 1.78 bits per heavy atom. The predicted molar refractivity (Wildman–Crippen MR) is 74.8 cm³/mol. The molecule has 0 N–H and O–H groups in total. The quantitative estimate of drug-likeness (QED) is 0.752. The number of esters is 1. The van der Waals surface area contributed by atoms with Crippen LogP contribution < -0.4 is 0 Å². The summed E-state index contributed by atoms with van der Waals surface area (Å²) in [7, 11) is 1.45. The first-order chi connectivity index (χ1) is 8.40. The van der Waals surface area contributed by atoms with Crippen molar-refractivity contribution < 1.29 is 9.53 Å². The fourth-order valence-electron chi connectivity index (χ4n) is 2.07. The maximum Gasteiger partial charge on any atom is 0.313 e. The van der Waals surface area contributed by atoms with E-state index in [1.165, 1.54) is 12.7 Å². The highest BCUT2D eigenvalue weighted by Gasteiger charge is 2.21. The van der Waals surface area contributed by atoms with Crippen molar-refractivity contribution >= 4 is 5.97 Å². The largest absolute Gasteiger partial charge is 0.469 e. The molecule has 0 heterocycles.